The van der Waals surface area contributed by atoms with E-state index in [-0.39, 0.29) is 0 Å². The summed E-state index contributed by atoms with van der Waals surface area (Å²) in [6, 6.07) is 8.33. The molecule has 3 aromatic heterocycles. The van der Waals surface area contributed by atoms with Crippen LogP contribution in [0.4, 0.5) is 0 Å². The van der Waals surface area contributed by atoms with Crippen LogP contribution >= 0.6 is 0 Å². The Kier molecular flexibility index (Phi) is 6.27. The molecular weight excluding hydrogens is 410 g/mol. The second-order valence-corrected chi connectivity index (χ2v) is 9.34. The number of H-pyrrole nitrogens is 1. The fourth-order valence-corrected chi connectivity index (χ4v) is 5.14. The van der Waals surface area contributed by atoms with Gasteiger partial charge in [0.25, 0.3) is 0 Å². The second-order valence-electron chi connectivity index (χ2n) is 9.34. The highest BCUT2D eigenvalue weighted by Gasteiger charge is 2.17. The molecule has 6 heteroatoms. The van der Waals surface area contributed by atoms with Crippen LogP contribution in [-0.2, 0) is 13.6 Å². The number of aromatic amines is 1. The lowest BCUT2D eigenvalue weighted by Gasteiger charge is -2.26. The number of rotatable bonds is 8. The number of ether oxygens (including phenoxy) is 1. The molecule has 0 unspecified atom stereocenters. The molecule has 0 amide bonds. The molecule has 174 valence electrons. The first-order valence-corrected chi connectivity index (χ1v) is 12.2. The molecule has 4 aromatic rings. The minimum atomic E-state index is 0.858. The summed E-state index contributed by atoms with van der Waals surface area (Å²) in [4.78, 5) is 11.2. The number of aromatic nitrogens is 4. The summed E-state index contributed by atoms with van der Waals surface area (Å²) in [6.07, 6.45) is 13.2. The zero-order chi connectivity index (χ0) is 22.8. The van der Waals surface area contributed by atoms with Crippen molar-refractivity contribution in [2.75, 3.05) is 26.7 Å². The summed E-state index contributed by atoms with van der Waals surface area (Å²) >= 11 is 0. The number of hydrogen-bond donors (Lipinski definition) is 1. The largest absolute Gasteiger partial charge is 0.497 e. The van der Waals surface area contributed by atoms with E-state index in [2.05, 4.69) is 69.8 Å². The number of imidazole rings is 1. The normalized spacial score (nSPS) is 14.9. The number of likely N-dealkylation sites (tertiary alicyclic amines) is 1. The van der Waals surface area contributed by atoms with Gasteiger partial charge in [-0.15, -0.1) is 0 Å². The lowest BCUT2D eigenvalue weighted by atomic mass is 10.1. The number of unbranched alkanes of at least 4 members (excludes halogenated alkanes) is 1. The predicted octanol–water partition coefficient (Wildman–Crippen LogP) is 5.62. The number of methoxy groups -OCH3 is 1. The van der Waals surface area contributed by atoms with Gasteiger partial charge in [-0.1, -0.05) is 6.42 Å². The first-order valence-electron chi connectivity index (χ1n) is 12.2. The maximum atomic E-state index is 5.45. The fraction of sp³-hybridized carbons (Fsp3) is 0.444. The molecule has 0 spiro atoms. The number of piperidine rings is 1. The molecule has 1 aliphatic heterocycles. The molecule has 1 N–H and O–H groups in total. The van der Waals surface area contributed by atoms with Crippen molar-refractivity contribution in [3.05, 3.63) is 48.5 Å². The van der Waals surface area contributed by atoms with Crippen molar-refractivity contribution < 1.29 is 4.74 Å². The van der Waals surface area contributed by atoms with Crippen LogP contribution in [0.2, 0.25) is 0 Å². The van der Waals surface area contributed by atoms with E-state index in [4.69, 9.17) is 9.72 Å². The number of fused-ring (bicyclic) bond motifs is 1. The average molecular weight is 446 g/mol. The van der Waals surface area contributed by atoms with Crippen LogP contribution in [-0.4, -0.2) is 50.7 Å². The highest BCUT2D eigenvalue weighted by molar-refractivity contribution is 5.97. The second kappa shape index (κ2) is 9.48. The van der Waals surface area contributed by atoms with E-state index in [1.807, 2.05) is 6.07 Å². The molecule has 1 saturated heterocycles. The lowest BCUT2D eigenvalue weighted by molar-refractivity contribution is 0.223. The Morgan fingerprint density at radius 2 is 1.85 bits per heavy atom. The average Bonchev–Trinajstić information content (AvgIpc) is 3.53. The van der Waals surface area contributed by atoms with Gasteiger partial charge in [-0.2, -0.15) is 0 Å². The van der Waals surface area contributed by atoms with Crippen LogP contribution in [0, 0.1) is 6.92 Å². The van der Waals surface area contributed by atoms with Crippen LogP contribution in [0.3, 0.4) is 0 Å². The third-order valence-corrected chi connectivity index (χ3v) is 6.92. The Morgan fingerprint density at radius 3 is 2.67 bits per heavy atom. The van der Waals surface area contributed by atoms with Gasteiger partial charge in [0.2, 0.25) is 0 Å². The maximum absolute atomic E-state index is 5.45. The minimum Gasteiger partial charge on any atom is -0.497 e. The molecule has 0 radical (unpaired) electrons. The summed E-state index contributed by atoms with van der Waals surface area (Å²) in [5.74, 6) is 1.85. The molecule has 0 saturated carbocycles. The van der Waals surface area contributed by atoms with Gasteiger partial charge in [0.15, 0.2) is 0 Å². The standard InChI is InChI=1S/C27H35N5O/c1-20-26(23-17-22(33-3)9-10-24(23)28-20)25-19-30(2)27(29-25)21-11-16-32(18-21)15-8-7-14-31-12-5-4-6-13-31/h9-11,16-19,28H,4-8,12-15H2,1-3H3. The van der Waals surface area contributed by atoms with E-state index in [1.165, 1.54) is 51.7 Å². The number of nitrogens with zero attached hydrogens (tertiary/aromatic N) is 4. The predicted molar refractivity (Wildman–Crippen MR) is 135 cm³/mol. The molecule has 1 fully saturated rings. The van der Waals surface area contributed by atoms with Gasteiger partial charge in [0.05, 0.1) is 12.8 Å². The molecular formula is C27H35N5O. The summed E-state index contributed by atoms with van der Waals surface area (Å²) in [6.45, 7) is 6.99. The van der Waals surface area contributed by atoms with E-state index in [1.54, 1.807) is 7.11 Å². The Balaban J connectivity index is 1.30. The molecule has 6 nitrogen and oxygen atoms in total. The van der Waals surface area contributed by atoms with Gasteiger partial charge < -0.3 is 23.8 Å². The van der Waals surface area contributed by atoms with Crippen molar-refractivity contribution in [3.63, 3.8) is 0 Å². The van der Waals surface area contributed by atoms with Crippen LogP contribution in [0.25, 0.3) is 33.5 Å². The van der Waals surface area contributed by atoms with Crippen molar-refractivity contribution in [1.82, 2.24) is 24.0 Å². The summed E-state index contributed by atoms with van der Waals surface area (Å²) in [5.41, 5.74) is 5.51. The summed E-state index contributed by atoms with van der Waals surface area (Å²) < 4.78 is 9.89. The van der Waals surface area contributed by atoms with Gasteiger partial charge in [-0.25, -0.2) is 4.98 Å². The van der Waals surface area contributed by atoms with Gasteiger partial charge in [-0.05, 0) is 76.5 Å². The van der Waals surface area contributed by atoms with Crippen LogP contribution < -0.4 is 4.74 Å². The van der Waals surface area contributed by atoms with Gasteiger partial charge in [-0.3, -0.25) is 0 Å². The number of hydrogen-bond acceptors (Lipinski definition) is 3. The van der Waals surface area contributed by atoms with E-state index in [9.17, 15) is 0 Å². The van der Waals surface area contributed by atoms with E-state index in [0.717, 1.165) is 51.5 Å². The van der Waals surface area contributed by atoms with Crippen molar-refractivity contribution in [2.45, 2.75) is 45.6 Å². The van der Waals surface area contributed by atoms with Crippen LogP contribution in [0.5, 0.6) is 5.75 Å². The molecule has 1 aromatic carbocycles. The third-order valence-electron chi connectivity index (χ3n) is 6.92. The molecule has 33 heavy (non-hydrogen) atoms. The summed E-state index contributed by atoms with van der Waals surface area (Å²) in [5, 5.41) is 1.14. The maximum Gasteiger partial charge on any atom is 0.141 e. The first-order chi connectivity index (χ1) is 16.1. The first kappa shape index (κ1) is 21.8. The monoisotopic (exact) mass is 445 g/mol. The number of nitrogens with one attached hydrogen (secondary N) is 1. The fourth-order valence-electron chi connectivity index (χ4n) is 5.14. The zero-order valence-electron chi connectivity index (χ0n) is 20.1. The van der Waals surface area contributed by atoms with Crippen molar-refractivity contribution in [1.29, 1.82) is 0 Å². The van der Waals surface area contributed by atoms with E-state index in [0.29, 0.717) is 0 Å². The molecule has 1 aliphatic rings. The van der Waals surface area contributed by atoms with Gasteiger partial charge in [0.1, 0.15) is 11.6 Å². The topological polar surface area (TPSA) is 51.0 Å². The Bertz CT molecular complexity index is 1220. The van der Waals surface area contributed by atoms with Crippen LogP contribution in [0.1, 0.15) is 37.8 Å². The van der Waals surface area contributed by atoms with Crippen molar-refractivity contribution in [2.24, 2.45) is 7.05 Å². The lowest BCUT2D eigenvalue weighted by Crippen LogP contribution is -2.30. The quantitative estimate of drug-likeness (QED) is 0.358. The van der Waals surface area contributed by atoms with Gasteiger partial charge in [0, 0.05) is 59.9 Å². The Labute approximate surface area is 196 Å². The number of benzene rings is 1. The van der Waals surface area contributed by atoms with Crippen molar-refractivity contribution in [3.8, 4) is 28.4 Å². The SMILES string of the molecule is COc1ccc2[nH]c(C)c(-c3cn(C)c(-c4ccn(CCCCN5CCCCC5)c4)n3)c2c1. The van der Waals surface area contributed by atoms with E-state index < -0.39 is 0 Å². The molecule has 4 heterocycles. The molecule has 0 bridgehead atoms. The third kappa shape index (κ3) is 4.58. The smallest absolute Gasteiger partial charge is 0.141 e. The van der Waals surface area contributed by atoms with Crippen molar-refractivity contribution >= 4 is 10.9 Å². The highest BCUT2D eigenvalue weighted by Crippen LogP contribution is 2.35. The zero-order valence-corrected chi connectivity index (χ0v) is 20.1. The summed E-state index contributed by atoms with van der Waals surface area (Å²) in [7, 11) is 3.78. The highest BCUT2D eigenvalue weighted by atomic mass is 16.5. The number of aryl methyl sites for hydroxylation is 3. The Morgan fingerprint density at radius 1 is 1.03 bits per heavy atom. The van der Waals surface area contributed by atoms with Gasteiger partial charge >= 0.3 is 0 Å². The molecule has 0 aliphatic carbocycles. The Hall–Kier alpha value is -2.99. The molecule has 5 rings (SSSR count). The van der Waals surface area contributed by atoms with E-state index >= 15 is 0 Å². The molecule has 0 atom stereocenters. The van der Waals surface area contributed by atoms with Crippen LogP contribution in [0.15, 0.2) is 42.9 Å². The minimum absolute atomic E-state index is 0.858.